The molecule has 94 valence electrons. The van der Waals surface area contributed by atoms with Gasteiger partial charge in [-0.15, -0.1) is 0 Å². The molecule has 16 heavy (non-hydrogen) atoms. The molecule has 1 unspecified atom stereocenters. The Bertz CT molecular complexity index is 176. The van der Waals surface area contributed by atoms with Crippen LogP contribution in [0.1, 0.15) is 32.1 Å². The van der Waals surface area contributed by atoms with Gasteiger partial charge in [0.2, 0.25) is 0 Å². The van der Waals surface area contributed by atoms with Crippen LogP contribution in [0.4, 0.5) is 0 Å². The van der Waals surface area contributed by atoms with E-state index in [9.17, 15) is 4.79 Å². The van der Waals surface area contributed by atoms with Crippen LogP contribution in [-0.2, 0) is 14.5 Å². The van der Waals surface area contributed by atoms with Crippen LogP contribution >= 0.6 is 0 Å². The first-order chi connectivity index (χ1) is 7.80. The van der Waals surface area contributed by atoms with Gasteiger partial charge in [0, 0.05) is 6.54 Å². The highest BCUT2D eigenvalue weighted by molar-refractivity contribution is 5.73. The summed E-state index contributed by atoms with van der Waals surface area (Å²) in [5.41, 5.74) is 5.27. The second kappa shape index (κ2) is 8.46. The summed E-state index contributed by atoms with van der Waals surface area (Å²) < 4.78 is 0. The van der Waals surface area contributed by atoms with Crippen molar-refractivity contribution in [1.29, 1.82) is 0 Å². The van der Waals surface area contributed by atoms with Crippen molar-refractivity contribution in [3.63, 3.8) is 0 Å². The molecule has 1 atom stereocenters. The molecule has 3 N–H and O–H groups in total. The van der Waals surface area contributed by atoms with Crippen molar-refractivity contribution in [2.75, 3.05) is 19.8 Å². The summed E-state index contributed by atoms with van der Waals surface area (Å²) in [6.45, 7) is 2.53. The van der Waals surface area contributed by atoms with Gasteiger partial charge < -0.3 is 14.8 Å². The monoisotopic (exact) mass is 232 g/mol. The van der Waals surface area contributed by atoms with Crippen molar-refractivity contribution in [1.82, 2.24) is 11.0 Å². The van der Waals surface area contributed by atoms with Crippen LogP contribution in [0.15, 0.2) is 0 Å². The second-order valence-electron chi connectivity index (χ2n) is 3.80. The Morgan fingerprint density at radius 3 is 2.56 bits per heavy atom. The van der Waals surface area contributed by atoms with Gasteiger partial charge in [-0.3, -0.25) is 4.79 Å². The van der Waals surface area contributed by atoms with Crippen molar-refractivity contribution in [3.8, 4) is 0 Å². The quantitative estimate of drug-likeness (QED) is 0.609. The Morgan fingerprint density at radius 1 is 1.12 bits per heavy atom. The van der Waals surface area contributed by atoms with E-state index in [1.54, 1.807) is 0 Å². The molecule has 0 spiro atoms. The largest absolute Gasteiger partial charge is 0.480 e. The van der Waals surface area contributed by atoms with Crippen LogP contribution in [0.25, 0.3) is 0 Å². The lowest BCUT2D eigenvalue weighted by molar-refractivity contribution is -0.147. The summed E-state index contributed by atoms with van der Waals surface area (Å²) in [6.07, 6.45) is 5.28. The van der Waals surface area contributed by atoms with Crippen LogP contribution in [0, 0.1) is 0 Å². The minimum atomic E-state index is -0.838. The lowest BCUT2D eigenvalue weighted by Crippen LogP contribution is -2.40. The maximum Gasteiger partial charge on any atom is 0.323 e. The first kappa shape index (κ1) is 13.4. The number of hydrogen-bond donors (Lipinski definition) is 3. The molecule has 0 aromatic rings. The summed E-state index contributed by atoms with van der Waals surface area (Å²) in [6, 6.07) is -0.501. The van der Waals surface area contributed by atoms with E-state index in [-0.39, 0.29) is 0 Å². The van der Waals surface area contributed by atoms with E-state index in [0.29, 0.717) is 13.0 Å². The fourth-order valence-corrected chi connectivity index (χ4v) is 1.44. The van der Waals surface area contributed by atoms with Gasteiger partial charge in [0.15, 0.2) is 0 Å². The summed E-state index contributed by atoms with van der Waals surface area (Å²) in [5, 5.41) is 8.40. The molecule has 2 aliphatic heterocycles. The summed E-state index contributed by atoms with van der Waals surface area (Å²) in [7, 11) is 0. The van der Waals surface area contributed by atoms with E-state index < -0.39 is 12.0 Å². The number of carboxylic acids is 1. The van der Waals surface area contributed by atoms with E-state index in [4.69, 9.17) is 14.8 Å². The fraction of sp³-hybridized carbons (Fsp3) is 0.900. The molecule has 0 aromatic carbocycles. The number of rotatable bonds is 1. The highest BCUT2D eigenvalue weighted by Crippen LogP contribution is 2.02. The number of carbonyl (C=O) groups is 1. The average Bonchev–Trinajstić information content (AvgIpc) is 2.63. The van der Waals surface area contributed by atoms with E-state index in [0.717, 1.165) is 19.6 Å². The highest BCUT2D eigenvalue weighted by Gasteiger charge is 2.19. The van der Waals surface area contributed by atoms with Crippen molar-refractivity contribution in [3.05, 3.63) is 0 Å². The summed E-state index contributed by atoms with van der Waals surface area (Å²) >= 11 is 0. The number of aliphatic carboxylic acids is 1. The van der Waals surface area contributed by atoms with Crippen LogP contribution in [0.3, 0.4) is 0 Å². The van der Waals surface area contributed by atoms with Crippen molar-refractivity contribution < 1.29 is 19.6 Å². The smallest absolute Gasteiger partial charge is 0.323 e. The molecule has 6 nitrogen and oxygen atoms in total. The molecule has 2 aliphatic rings. The molecule has 2 heterocycles. The number of carboxylic acid groups (broad SMARTS) is 1. The Hall–Kier alpha value is -0.690. The first-order valence-corrected chi connectivity index (χ1v) is 5.75. The van der Waals surface area contributed by atoms with E-state index >= 15 is 0 Å². The van der Waals surface area contributed by atoms with Crippen molar-refractivity contribution in [2.24, 2.45) is 0 Å². The van der Waals surface area contributed by atoms with Gasteiger partial charge in [0.25, 0.3) is 0 Å². The minimum Gasteiger partial charge on any atom is -0.480 e. The van der Waals surface area contributed by atoms with Gasteiger partial charge in [-0.2, -0.15) is 5.48 Å². The lowest BCUT2D eigenvalue weighted by Gasteiger charge is -2.18. The second-order valence-corrected chi connectivity index (χ2v) is 3.80. The Labute approximate surface area is 95.2 Å². The SMILES string of the molecule is C1CCNOCC1.O=C(O)C1CCCON1. The number of nitrogens with one attached hydrogen (secondary N) is 2. The molecule has 0 saturated carbocycles. The topological polar surface area (TPSA) is 79.8 Å². The highest BCUT2D eigenvalue weighted by atomic mass is 16.6. The molecule has 2 fully saturated rings. The molecular formula is C10H20N2O4. The third-order valence-electron chi connectivity index (χ3n) is 2.39. The van der Waals surface area contributed by atoms with Crippen LogP contribution < -0.4 is 11.0 Å². The van der Waals surface area contributed by atoms with Crippen LogP contribution in [-0.4, -0.2) is 36.9 Å². The van der Waals surface area contributed by atoms with Crippen molar-refractivity contribution in [2.45, 2.75) is 38.1 Å². The normalized spacial score (nSPS) is 26.1. The molecule has 0 aromatic heterocycles. The number of hydroxylamine groups is 2. The molecule has 0 radical (unpaired) electrons. The van der Waals surface area contributed by atoms with E-state index in [1.807, 2.05) is 0 Å². The van der Waals surface area contributed by atoms with E-state index in [1.165, 1.54) is 19.3 Å². The third kappa shape index (κ3) is 6.02. The Balaban J connectivity index is 0.000000165. The lowest BCUT2D eigenvalue weighted by atomic mass is 10.1. The van der Waals surface area contributed by atoms with Gasteiger partial charge in [-0.25, -0.2) is 5.48 Å². The molecule has 0 bridgehead atoms. The standard InChI is InChI=1S/C5H9NO3.C5H11NO/c7-5(8)4-2-1-3-9-6-4;1-2-4-6-7-5-3-1/h4,6H,1-3H2,(H,7,8);6H,1-5H2. The minimum absolute atomic E-state index is 0.501. The molecule has 2 saturated heterocycles. The molecule has 6 heteroatoms. The van der Waals surface area contributed by atoms with Gasteiger partial charge >= 0.3 is 5.97 Å². The zero-order valence-corrected chi connectivity index (χ0v) is 9.41. The average molecular weight is 232 g/mol. The maximum atomic E-state index is 10.2. The summed E-state index contributed by atoms with van der Waals surface area (Å²) in [4.78, 5) is 19.9. The van der Waals surface area contributed by atoms with Gasteiger partial charge in [-0.1, -0.05) is 0 Å². The van der Waals surface area contributed by atoms with Crippen LogP contribution in [0.2, 0.25) is 0 Å². The zero-order chi connectivity index (χ0) is 11.6. The Kier molecular flexibility index (Phi) is 7.07. The third-order valence-corrected chi connectivity index (χ3v) is 2.39. The van der Waals surface area contributed by atoms with E-state index in [2.05, 4.69) is 11.0 Å². The molecular weight excluding hydrogens is 212 g/mol. The van der Waals surface area contributed by atoms with Gasteiger partial charge in [-0.05, 0) is 32.1 Å². The maximum absolute atomic E-state index is 10.2. The molecule has 0 amide bonds. The van der Waals surface area contributed by atoms with Gasteiger partial charge in [0.05, 0.1) is 13.2 Å². The van der Waals surface area contributed by atoms with Crippen LogP contribution in [0.5, 0.6) is 0 Å². The summed E-state index contributed by atoms with van der Waals surface area (Å²) in [5.74, 6) is -0.838. The van der Waals surface area contributed by atoms with Gasteiger partial charge in [0.1, 0.15) is 6.04 Å². The molecule has 0 aliphatic carbocycles. The van der Waals surface area contributed by atoms with Crippen molar-refractivity contribution >= 4 is 5.97 Å². The predicted molar refractivity (Wildman–Crippen MR) is 57.6 cm³/mol. The fourth-order valence-electron chi connectivity index (χ4n) is 1.44. The predicted octanol–water partition coefficient (Wildman–Crippen LogP) is 0.446. The zero-order valence-electron chi connectivity index (χ0n) is 9.41. The first-order valence-electron chi connectivity index (χ1n) is 5.75. The number of hydrogen-bond acceptors (Lipinski definition) is 5. The molecule has 2 rings (SSSR count). The Morgan fingerprint density at radius 2 is 1.94 bits per heavy atom.